The molecule has 1 unspecified atom stereocenters. The fourth-order valence-electron chi connectivity index (χ4n) is 2.50. The Kier molecular flexibility index (Phi) is 4.06. The second-order valence-corrected chi connectivity index (χ2v) is 4.73. The zero-order valence-electron chi connectivity index (χ0n) is 11.5. The second-order valence-electron chi connectivity index (χ2n) is 4.73. The molecule has 19 heavy (non-hydrogen) atoms. The number of nitrogens with one attached hydrogen (secondary N) is 1. The number of carbonyl (C=O) groups is 1. The van der Waals surface area contributed by atoms with Gasteiger partial charge in [-0.2, -0.15) is 5.10 Å². The van der Waals surface area contributed by atoms with Crippen LogP contribution in [0.1, 0.15) is 11.3 Å². The molecule has 1 fully saturated rings. The number of hydrogen-bond donors (Lipinski definition) is 2. The third-order valence-corrected chi connectivity index (χ3v) is 3.48. The first-order valence-corrected chi connectivity index (χ1v) is 6.28. The molecule has 1 aliphatic rings. The SMILES string of the molecule is COc1c(CN2CCNCC2C(=O)O)c(C)nn1C. The molecule has 2 heterocycles. The molecule has 1 saturated heterocycles. The average molecular weight is 268 g/mol. The minimum atomic E-state index is -0.798. The maximum absolute atomic E-state index is 11.3. The van der Waals surface area contributed by atoms with Gasteiger partial charge in [-0.05, 0) is 6.92 Å². The molecule has 1 atom stereocenters. The van der Waals surface area contributed by atoms with Crippen LogP contribution >= 0.6 is 0 Å². The Bertz CT molecular complexity index is 472. The highest BCUT2D eigenvalue weighted by molar-refractivity contribution is 5.74. The first-order valence-electron chi connectivity index (χ1n) is 6.28. The van der Waals surface area contributed by atoms with Gasteiger partial charge in [-0.25, -0.2) is 4.68 Å². The molecule has 1 aromatic heterocycles. The van der Waals surface area contributed by atoms with E-state index < -0.39 is 12.0 Å². The number of piperazine rings is 1. The lowest BCUT2D eigenvalue weighted by atomic mass is 10.1. The normalized spacial score (nSPS) is 20.5. The van der Waals surface area contributed by atoms with E-state index >= 15 is 0 Å². The third-order valence-electron chi connectivity index (χ3n) is 3.48. The standard InChI is InChI=1S/C12H20N4O3/c1-8-9(11(19-3)15(2)14-8)7-16-5-4-13-6-10(16)12(17)18/h10,13H,4-7H2,1-3H3,(H,17,18). The van der Waals surface area contributed by atoms with Crippen LogP contribution < -0.4 is 10.1 Å². The Hall–Kier alpha value is -1.60. The molecule has 0 aliphatic carbocycles. The van der Waals surface area contributed by atoms with E-state index in [1.165, 1.54) is 0 Å². The van der Waals surface area contributed by atoms with E-state index in [1.807, 2.05) is 18.9 Å². The number of methoxy groups -OCH3 is 1. The van der Waals surface area contributed by atoms with E-state index in [4.69, 9.17) is 4.74 Å². The predicted molar refractivity (Wildman–Crippen MR) is 69.2 cm³/mol. The van der Waals surface area contributed by atoms with Gasteiger partial charge in [0.25, 0.3) is 0 Å². The van der Waals surface area contributed by atoms with Crippen molar-refractivity contribution in [3.05, 3.63) is 11.3 Å². The molecule has 0 amide bonds. The number of hydrogen-bond acceptors (Lipinski definition) is 5. The zero-order chi connectivity index (χ0) is 14.0. The predicted octanol–water partition coefficient (Wildman–Crippen LogP) is -0.404. The summed E-state index contributed by atoms with van der Waals surface area (Å²) in [6.45, 7) is 4.42. The summed E-state index contributed by atoms with van der Waals surface area (Å²) < 4.78 is 7.03. The van der Waals surface area contributed by atoms with Crippen LogP contribution in [0.2, 0.25) is 0 Å². The monoisotopic (exact) mass is 268 g/mol. The fraction of sp³-hybridized carbons (Fsp3) is 0.667. The Labute approximate surface area is 112 Å². The van der Waals surface area contributed by atoms with Crippen molar-refractivity contribution in [2.45, 2.75) is 19.5 Å². The number of nitrogens with zero attached hydrogens (tertiary/aromatic N) is 3. The molecule has 1 aliphatic heterocycles. The Balaban J connectivity index is 2.21. The Morgan fingerprint density at radius 3 is 3.00 bits per heavy atom. The van der Waals surface area contributed by atoms with Gasteiger partial charge < -0.3 is 15.2 Å². The quantitative estimate of drug-likeness (QED) is 0.773. The van der Waals surface area contributed by atoms with Gasteiger partial charge >= 0.3 is 5.97 Å². The van der Waals surface area contributed by atoms with Gasteiger partial charge in [-0.3, -0.25) is 9.69 Å². The maximum atomic E-state index is 11.3. The molecule has 0 bridgehead atoms. The molecule has 0 saturated carbocycles. The summed E-state index contributed by atoms with van der Waals surface area (Å²) in [4.78, 5) is 13.2. The van der Waals surface area contributed by atoms with Crippen LogP contribution in [0.4, 0.5) is 0 Å². The summed E-state index contributed by atoms with van der Waals surface area (Å²) in [6, 6.07) is -0.502. The lowest BCUT2D eigenvalue weighted by molar-refractivity contribution is -0.144. The second kappa shape index (κ2) is 5.58. The summed E-state index contributed by atoms with van der Waals surface area (Å²) >= 11 is 0. The van der Waals surface area contributed by atoms with Crippen LogP contribution in [0.5, 0.6) is 5.88 Å². The van der Waals surface area contributed by atoms with E-state index in [9.17, 15) is 9.90 Å². The largest absolute Gasteiger partial charge is 0.481 e. The van der Waals surface area contributed by atoms with Crippen LogP contribution in [0, 0.1) is 6.92 Å². The van der Waals surface area contributed by atoms with Crippen molar-refractivity contribution < 1.29 is 14.6 Å². The molecule has 7 heteroatoms. The number of ether oxygens (including phenoxy) is 1. The molecule has 106 valence electrons. The average Bonchev–Trinajstić information content (AvgIpc) is 2.64. The zero-order valence-corrected chi connectivity index (χ0v) is 11.5. The Morgan fingerprint density at radius 1 is 1.63 bits per heavy atom. The topological polar surface area (TPSA) is 79.6 Å². The summed E-state index contributed by atoms with van der Waals surface area (Å²) in [6.07, 6.45) is 0. The number of rotatable bonds is 4. The minimum Gasteiger partial charge on any atom is -0.481 e. The van der Waals surface area contributed by atoms with Gasteiger partial charge in [-0.15, -0.1) is 0 Å². The van der Waals surface area contributed by atoms with Crippen LogP contribution in [-0.4, -0.2) is 58.5 Å². The third kappa shape index (κ3) is 2.71. The van der Waals surface area contributed by atoms with Crippen molar-refractivity contribution in [1.29, 1.82) is 0 Å². The molecule has 0 spiro atoms. The van der Waals surface area contributed by atoms with E-state index in [1.54, 1.807) is 11.8 Å². The van der Waals surface area contributed by atoms with Gasteiger partial charge in [-0.1, -0.05) is 0 Å². The highest BCUT2D eigenvalue weighted by atomic mass is 16.5. The van der Waals surface area contributed by atoms with E-state index in [-0.39, 0.29) is 0 Å². The van der Waals surface area contributed by atoms with Crippen molar-refractivity contribution in [3.63, 3.8) is 0 Å². The van der Waals surface area contributed by atoms with Gasteiger partial charge in [0.15, 0.2) is 0 Å². The van der Waals surface area contributed by atoms with Gasteiger partial charge in [0.05, 0.1) is 18.4 Å². The van der Waals surface area contributed by atoms with Crippen LogP contribution in [0.25, 0.3) is 0 Å². The lowest BCUT2D eigenvalue weighted by Crippen LogP contribution is -2.54. The van der Waals surface area contributed by atoms with Gasteiger partial charge in [0.2, 0.25) is 5.88 Å². The molecular formula is C12H20N4O3. The van der Waals surface area contributed by atoms with E-state index in [0.717, 1.165) is 17.8 Å². The summed E-state index contributed by atoms with van der Waals surface area (Å²) in [5, 5.41) is 16.7. The van der Waals surface area contributed by atoms with Crippen LogP contribution in [0.15, 0.2) is 0 Å². The Morgan fingerprint density at radius 2 is 2.37 bits per heavy atom. The molecule has 0 aromatic carbocycles. The number of carboxylic acid groups (broad SMARTS) is 1. The van der Waals surface area contributed by atoms with Crippen molar-refractivity contribution in [3.8, 4) is 5.88 Å². The molecule has 1 aromatic rings. The van der Waals surface area contributed by atoms with E-state index in [0.29, 0.717) is 25.5 Å². The highest BCUT2D eigenvalue weighted by Crippen LogP contribution is 2.23. The molecule has 7 nitrogen and oxygen atoms in total. The summed E-state index contributed by atoms with van der Waals surface area (Å²) in [7, 11) is 3.42. The van der Waals surface area contributed by atoms with Gasteiger partial charge in [0.1, 0.15) is 6.04 Å². The molecule has 0 radical (unpaired) electrons. The van der Waals surface area contributed by atoms with Crippen LogP contribution in [-0.2, 0) is 18.4 Å². The first kappa shape index (κ1) is 13.8. The molecule has 2 rings (SSSR count). The smallest absolute Gasteiger partial charge is 0.322 e. The van der Waals surface area contributed by atoms with Crippen molar-refractivity contribution in [2.24, 2.45) is 7.05 Å². The highest BCUT2D eigenvalue weighted by Gasteiger charge is 2.30. The maximum Gasteiger partial charge on any atom is 0.322 e. The van der Waals surface area contributed by atoms with Crippen molar-refractivity contribution >= 4 is 5.97 Å². The fourth-order valence-corrected chi connectivity index (χ4v) is 2.50. The first-order chi connectivity index (χ1) is 9.04. The summed E-state index contributed by atoms with van der Waals surface area (Å²) in [5.41, 5.74) is 1.83. The van der Waals surface area contributed by atoms with Crippen molar-refractivity contribution in [1.82, 2.24) is 20.0 Å². The number of aliphatic carboxylic acids is 1. The van der Waals surface area contributed by atoms with E-state index in [2.05, 4.69) is 10.4 Å². The number of aryl methyl sites for hydroxylation is 2. The number of carboxylic acids is 1. The van der Waals surface area contributed by atoms with Crippen LogP contribution in [0.3, 0.4) is 0 Å². The minimum absolute atomic E-state index is 0.469. The van der Waals surface area contributed by atoms with Crippen molar-refractivity contribution in [2.75, 3.05) is 26.7 Å². The summed E-state index contributed by atoms with van der Waals surface area (Å²) in [5.74, 6) is -0.104. The molecular weight excluding hydrogens is 248 g/mol. The van der Waals surface area contributed by atoms with Gasteiger partial charge in [0, 0.05) is 33.2 Å². The number of aromatic nitrogens is 2. The molecule has 2 N–H and O–H groups in total. The lowest BCUT2D eigenvalue weighted by Gasteiger charge is -2.33.